The van der Waals surface area contributed by atoms with Crippen molar-refractivity contribution in [2.24, 2.45) is 5.92 Å². The molecule has 1 aliphatic heterocycles. The van der Waals surface area contributed by atoms with E-state index in [1.807, 2.05) is 20.8 Å². The molecule has 0 unspecified atom stereocenters. The van der Waals surface area contributed by atoms with Crippen molar-refractivity contribution in [2.45, 2.75) is 39.7 Å². The molecule has 1 saturated heterocycles. The van der Waals surface area contributed by atoms with Gasteiger partial charge in [0, 0.05) is 31.9 Å². The van der Waals surface area contributed by atoms with Crippen LogP contribution in [0.4, 0.5) is 16.3 Å². The summed E-state index contributed by atoms with van der Waals surface area (Å²) in [7, 11) is 0. The summed E-state index contributed by atoms with van der Waals surface area (Å²) >= 11 is 0. The summed E-state index contributed by atoms with van der Waals surface area (Å²) in [4.78, 5) is 28.5. The van der Waals surface area contributed by atoms with Crippen LogP contribution < -0.4 is 5.32 Å². The van der Waals surface area contributed by atoms with Crippen LogP contribution in [0, 0.1) is 23.0 Å². The zero-order valence-electron chi connectivity index (χ0n) is 14.5. The van der Waals surface area contributed by atoms with Crippen molar-refractivity contribution >= 4 is 17.6 Å². The number of rotatable bonds is 4. The zero-order chi connectivity index (χ0) is 17.9. The van der Waals surface area contributed by atoms with Gasteiger partial charge in [-0.1, -0.05) is 0 Å². The fourth-order valence-electron chi connectivity index (χ4n) is 2.56. The van der Waals surface area contributed by atoms with Gasteiger partial charge in [0.25, 0.3) is 0 Å². The van der Waals surface area contributed by atoms with E-state index in [0.29, 0.717) is 19.6 Å². The lowest BCUT2D eigenvalue weighted by Crippen LogP contribution is -2.35. The fourth-order valence-corrected chi connectivity index (χ4v) is 2.56. The first-order valence-electron chi connectivity index (χ1n) is 7.98. The molecular weight excluding hydrogens is 312 g/mol. The van der Waals surface area contributed by atoms with E-state index in [1.54, 1.807) is 18.0 Å². The SMILES string of the molecule is Cc1cnc(NC[C@@H]2CCN(C(=O)OC(C)(C)C)C2)c([N+](=O)[O-])c1. The Kier molecular flexibility index (Phi) is 5.26. The number of ether oxygens (including phenoxy) is 1. The second-order valence-electron chi connectivity index (χ2n) is 7.10. The van der Waals surface area contributed by atoms with Gasteiger partial charge < -0.3 is 15.0 Å². The summed E-state index contributed by atoms with van der Waals surface area (Å²) in [6.45, 7) is 8.99. The Morgan fingerprint density at radius 2 is 2.25 bits per heavy atom. The molecule has 0 radical (unpaired) electrons. The summed E-state index contributed by atoms with van der Waals surface area (Å²) in [5, 5.41) is 14.1. The van der Waals surface area contributed by atoms with Crippen LogP contribution in [0.5, 0.6) is 0 Å². The topological polar surface area (TPSA) is 97.6 Å². The fraction of sp³-hybridized carbons (Fsp3) is 0.625. The Labute approximate surface area is 141 Å². The molecule has 2 heterocycles. The first-order chi connectivity index (χ1) is 11.2. The van der Waals surface area contributed by atoms with Gasteiger partial charge in [-0.3, -0.25) is 10.1 Å². The van der Waals surface area contributed by atoms with Gasteiger partial charge in [0.1, 0.15) is 5.60 Å². The van der Waals surface area contributed by atoms with Crippen LogP contribution in [0.25, 0.3) is 0 Å². The molecule has 1 amide bonds. The van der Waals surface area contributed by atoms with Crippen molar-refractivity contribution in [1.29, 1.82) is 0 Å². The highest BCUT2D eigenvalue weighted by Gasteiger charge is 2.30. The molecule has 0 spiro atoms. The number of likely N-dealkylation sites (tertiary alicyclic amines) is 1. The summed E-state index contributed by atoms with van der Waals surface area (Å²) in [6, 6.07) is 1.50. The number of carbonyl (C=O) groups excluding carboxylic acids is 1. The normalized spacial score (nSPS) is 17.7. The predicted molar refractivity (Wildman–Crippen MR) is 90.0 cm³/mol. The minimum Gasteiger partial charge on any atom is -0.444 e. The quantitative estimate of drug-likeness (QED) is 0.670. The first kappa shape index (κ1) is 18.0. The van der Waals surface area contributed by atoms with Crippen molar-refractivity contribution in [3.05, 3.63) is 27.9 Å². The number of amides is 1. The average molecular weight is 336 g/mol. The highest BCUT2D eigenvalue weighted by Crippen LogP contribution is 2.24. The highest BCUT2D eigenvalue weighted by atomic mass is 16.6. The van der Waals surface area contributed by atoms with E-state index in [2.05, 4.69) is 10.3 Å². The van der Waals surface area contributed by atoms with Gasteiger partial charge in [-0.25, -0.2) is 9.78 Å². The van der Waals surface area contributed by atoms with Crippen LogP contribution in [0.15, 0.2) is 12.3 Å². The lowest BCUT2D eigenvalue weighted by Gasteiger charge is -2.24. The van der Waals surface area contributed by atoms with Crippen LogP contribution in [-0.2, 0) is 4.74 Å². The van der Waals surface area contributed by atoms with Gasteiger partial charge >= 0.3 is 11.8 Å². The minimum atomic E-state index is -0.514. The molecule has 1 N–H and O–H groups in total. The number of nitrogens with one attached hydrogen (secondary N) is 1. The maximum atomic E-state index is 12.0. The van der Waals surface area contributed by atoms with E-state index in [4.69, 9.17) is 4.74 Å². The van der Waals surface area contributed by atoms with Gasteiger partial charge in [-0.2, -0.15) is 0 Å². The molecule has 8 nitrogen and oxygen atoms in total. The molecule has 24 heavy (non-hydrogen) atoms. The second kappa shape index (κ2) is 7.02. The molecule has 1 fully saturated rings. The third-order valence-electron chi connectivity index (χ3n) is 3.70. The van der Waals surface area contributed by atoms with Crippen LogP contribution >= 0.6 is 0 Å². The van der Waals surface area contributed by atoms with Gasteiger partial charge in [-0.05, 0) is 45.6 Å². The van der Waals surface area contributed by atoms with Crippen molar-refractivity contribution in [2.75, 3.05) is 25.0 Å². The van der Waals surface area contributed by atoms with Gasteiger partial charge in [0.15, 0.2) is 0 Å². The number of aromatic nitrogens is 1. The summed E-state index contributed by atoms with van der Waals surface area (Å²) < 4.78 is 5.36. The molecule has 8 heteroatoms. The Morgan fingerprint density at radius 3 is 2.88 bits per heavy atom. The minimum absolute atomic E-state index is 0.0306. The molecule has 1 aliphatic rings. The van der Waals surface area contributed by atoms with E-state index in [1.165, 1.54) is 6.07 Å². The molecule has 132 valence electrons. The Hall–Kier alpha value is -2.38. The molecule has 0 saturated carbocycles. The number of anilines is 1. The third-order valence-corrected chi connectivity index (χ3v) is 3.70. The number of nitro groups is 1. The van der Waals surface area contributed by atoms with E-state index in [-0.39, 0.29) is 23.5 Å². The van der Waals surface area contributed by atoms with E-state index in [0.717, 1.165) is 12.0 Å². The molecule has 0 aromatic carbocycles. The number of nitrogens with zero attached hydrogens (tertiary/aromatic N) is 3. The average Bonchev–Trinajstić information content (AvgIpc) is 2.93. The standard InChI is InChI=1S/C16H24N4O4/c1-11-7-13(20(22)23)14(17-8-11)18-9-12-5-6-19(10-12)15(21)24-16(2,3)4/h7-8,12H,5-6,9-10H2,1-4H3,(H,17,18)/t12-/m0/s1. The van der Waals surface area contributed by atoms with Crippen LogP contribution in [0.1, 0.15) is 32.8 Å². The molecular formula is C16H24N4O4. The molecule has 0 aliphatic carbocycles. The lowest BCUT2D eigenvalue weighted by molar-refractivity contribution is -0.384. The maximum absolute atomic E-state index is 12.0. The van der Waals surface area contributed by atoms with Crippen LogP contribution in [0.2, 0.25) is 0 Å². The Morgan fingerprint density at radius 1 is 1.54 bits per heavy atom. The van der Waals surface area contributed by atoms with Crippen LogP contribution in [-0.4, -0.2) is 46.1 Å². The van der Waals surface area contributed by atoms with Crippen molar-refractivity contribution in [3.8, 4) is 0 Å². The van der Waals surface area contributed by atoms with Gasteiger partial charge in [0.2, 0.25) is 5.82 Å². The van der Waals surface area contributed by atoms with Crippen LogP contribution in [0.3, 0.4) is 0 Å². The Bertz CT molecular complexity index is 627. The molecule has 0 bridgehead atoms. The smallest absolute Gasteiger partial charge is 0.410 e. The number of hydrogen-bond acceptors (Lipinski definition) is 6. The summed E-state index contributed by atoms with van der Waals surface area (Å²) in [5.41, 5.74) is 0.195. The van der Waals surface area contributed by atoms with E-state index >= 15 is 0 Å². The maximum Gasteiger partial charge on any atom is 0.410 e. The number of aryl methyl sites for hydroxylation is 1. The van der Waals surface area contributed by atoms with Crippen molar-refractivity contribution in [3.63, 3.8) is 0 Å². The molecule has 1 atom stereocenters. The molecule has 1 aromatic heterocycles. The van der Waals surface area contributed by atoms with Crippen molar-refractivity contribution < 1.29 is 14.5 Å². The number of hydrogen-bond donors (Lipinski definition) is 1. The monoisotopic (exact) mass is 336 g/mol. The Balaban J connectivity index is 1.91. The third kappa shape index (κ3) is 4.81. The molecule has 1 aromatic rings. The summed E-state index contributed by atoms with van der Waals surface area (Å²) in [6.07, 6.45) is 2.10. The van der Waals surface area contributed by atoms with Gasteiger partial charge in [-0.15, -0.1) is 0 Å². The predicted octanol–water partition coefficient (Wildman–Crippen LogP) is 2.97. The largest absolute Gasteiger partial charge is 0.444 e. The lowest BCUT2D eigenvalue weighted by atomic mass is 10.1. The molecule has 2 rings (SSSR count). The number of carbonyl (C=O) groups is 1. The first-order valence-corrected chi connectivity index (χ1v) is 7.98. The van der Waals surface area contributed by atoms with E-state index in [9.17, 15) is 14.9 Å². The summed E-state index contributed by atoms with van der Waals surface area (Å²) in [5.74, 6) is 0.474. The highest BCUT2D eigenvalue weighted by molar-refractivity contribution is 5.68. The zero-order valence-corrected chi connectivity index (χ0v) is 14.5. The second-order valence-corrected chi connectivity index (χ2v) is 7.10. The van der Waals surface area contributed by atoms with Crippen molar-refractivity contribution in [1.82, 2.24) is 9.88 Å². The number of pyridine rings is 1. The van der Waals surface area contributed by atoms with Gasteiger partial charge in [0.05, 0.1) is 4.92 Å². The van der Waals surface area contributed by atoms with E-state index < -0.39 is 10.5 Å².